The second-order valence-electron chi connectivity index (χ2n) is 12.7. The first-order valence-electron chi connectivity index (χ1n) is 16.2. The van der Waals surface area contributed by atoms with Crippen LogP contribution in [0, 0.1) is 11.8 Å². The van der Waals surface area contributed by atoms with Crippen LogP contribution in [0.2, 0.25) is 0 Å². The van der Waals surface area contributed by atoms with Crippen molar-refractivity contribution in [2.75, 3.05) is 6.54 Å². The SMILES string of the molecule is CC(C)CC(NC(=O)C(O)O)C(=O)NC(C(=O)NC1C(=O)NC(=CCl)C(=O)NC(C(=O)O)Cc2cc(O)ccc2OC1C(C)C)C(O)CCCN. The van der Waals surface area contributed by atoms with E-state index >= 15 is 0 Å². The zero-order chi connectivity index (χ0) is 38.6. The average molecular weight is 743 g/mol. The number of rotatable bonds is 14. The van der Waals surface area contributed by atoms with Crippen molar-refractivity contribution in [1.29, 1.82) is 0 Å². The van der Waals surface area contributed by atoms with Crippen molar-refractivity contribution in [3.05, 3.63) is 35.0 Å². The molecule has 12 N–H and O–H groups in total. The van der Waals surface area contributed by atoms with Crippen molar-refractivity contribution >= 4 is 47.1 Å². The number of halogens is 1. The molecule has 5 amide bonds. The van der Waals surface area contributed by atoms with Gasteiger partial charge in [0.25, 0.3) is 17.7 Å². The lowest BCUT2D eigenvalue weighted by molar-refractivity contribution is -0.150. The highest BCUT2D eigenvalue weighted by atomic mass is 35.5. The summed E-state index contributed by atoms with van der Waals surface area (Å²) in [5.41, 5.74) is 5.83. The van der Waals surface area contributed by atoms with Crippen molar-refractivity contribution in [2.45, 2.75) is 96.0 Å². The Hall–Kier alpha value is -4.49. The van der Waals surface area contributed by atoms with Gasteiger partial charge in [-0.2, -0.15) is 0 Å². The summed E-state index contributed by atoms with van der Waals surface area (Å²) in [5, 5.41) is 61.2. The Bertz CT molecular complexity index is 1460. The van der Waals surface area contributed by atoms with Crippen LogP contribution in [0.15, 0.2) is 29.4 Å². The molecule has 18 nitrogen and oxygen atoms in total. The second-order valence-corrected chi connectivity index (χ2v) is 13.0. The molecular weight excluding hydrogens is 696 g/mol. The molecule has 1 heterocycles. The lowest BCUT2D eigenvalue weighted by atomic mass is 9.96. The van der Waals surface area contributed by atoms with Gasteiger partial charge in [-0.25, -0.2) is 4.79 Å². The number of carbonyl (C=O) groups excluding carboxylic acids is 5. The molecule has 1 aliphatic heterocycles. The van der Waals surface area contributed by atoms with E-state index in [0.29, 0.717) is 5.54 Å². The first kappa shape index (κ1) is 42.7. The molecule has 6 unspecified atom stereocenters. The minimum absolute atomic E-state index is 0.000871. The topological polar surface area (TPSA) is 299 Å². The van der Waals surface area contributed by atoms with Crippen LogP contribution in [0.1, 0.15) is 52.5 Å². The number of benzene rings is 1. The Balaban J connectivity index is 2.63. The van der Waals surface area contributed by atoms with Crippen LogP contribution in [-0.2, 0) is 35.2 Å². The standard InChI is InChI=1S/C32H47ClN6O12/c1-14(2)10-18(35-30(46)32(49)50)26(42)38-23(21(41)6-5-9-34)28(44)39-24-25(15(3)4)51-22-8-7-17(40)11-16(22)12-19(31(47)48)36-27(43)20(13-33)37-29(24)45/h7-8,11,13-15,18-19,21,23-25,32,40-41,49-50H,5-6,9-10,12,34H2,1-4H3,(H,35,46)(H,36,43)(H,37,45)(H,38,42)(H,39,44)(H,47,48). The number of phenols is 1. The van der Waals surface area contributed by atoms with E-state index in [1.54, 1.807) is 27.7 Å². The highest BCUT2D eigenvalue weighted by Crippen LogP contribution is 2.29. The minimum Gasteiger partial charge on any atom is -0.508 e. The second kappa shape index (κ2) is 19.8. The molecular formula is C32H47ClN6O12. The Morgan fingerprint density at radius 2 is 1.73 bits per heavy atom. The van der Waals surface area contributed by atoms with Gasteiger partial charge in [-0.3, -0.25) is 24.0 Å². The maximum atomic E-state index is 14.0. The molecule has 0 aliphatic carbocycles. The van der Waals surface area contributed by atoms with E-state index in [9.17, 15) is 54.3 Å². The maximum Gasteiger partial charge on any atom is 0.326 e. The summed E-state index contributed by atoms with van der Waals surface area (Å²) in [7, 11) is 0. The van der Waals surface area contributed by atoms with Gasteiger partial charge >= 0.3 is 5.97 Å². The smallest absolute Gasteiger partial charge is 0.326 e. The van der Waals surface area contributed by atoms with Crippen molar-refractivity contribution in [1.82, 2.24) is 26.6 Å². The fourth-order valence-electron chi connectivity index (χ4n) is 5.15. The number of phenolic OH excluding ortho intramolecular Hbond substituents is 1. The van der Waals surface area contributed by atoms with Gasteiger partial charge in [-0.05, 0) is 55.8 Å². The van der Waals surface area contributed by atoms with Crippen LogP contribution in [0.4, 0.5) is 0 Å². The minimum atomic E-state index is -2.44. The maximum absolute atomic E-state index is 14.0. The molecule has 2 rings (SSSR count). The number of nitrogens with one attached hydrogen (secondary N) is 5. The first-order valence-corrected chi connectivity index (χ1v) is 16.6. The van der Waals surface area contributed by atoms with E-state index in [1.165, 1.54) is 18.2 Å². The van der Waals surface area contributed by atoms with Crippen LogP contribution >= 0.6 is 11.6 Å². The fraction of sp³-hybridized carbons (Fsp3) is 0.562. The van der Waals surface area contributed by atoms with Gasteiger partial charge in [0, 0.05) is 17.5 Å². The first-order chi connectivity index (χ1) is 23.9. The molecule has 0 bridgehead atoms. The van der Waals surface area contributed by atoms with Crippen LogP contribution in [0.25, 0.3) is 0 Å². The molecule has 284 valence electrons. The van der Waals surface area contributed by atoms with Gasteiger partial charge in [0.2, 0.25) is 18.1 Å². The molecule has 0 aromatic heterocycles. The van der Waals surface area contributed by atoms with Gasteiger partial charge in [0.15, 0.2) is 0 Å². The van der Waals surface area contributed by atoms with Crippen LogP contribution in [0.3, 0.4) is 0 Å². The highest BCUT2D eigenvalue weighted by molar-refractivity contribution is 6.28. The molecule has 0 fully saturated rings. The summed E-state index contributed by atoms with van der Waals surface area (Å²) >= 11 is 5.85. The molecule has 0 saturated heterocycles. The Kier molecular flexibility index (Phi) is 16.6. The zero-order valence-electron chi connectivity index (χ0n) is 28.6. The summed E-state index contributed by atoms with van der Waals surface area (Å²) in [5.74, 6) is -7.96. The Labute approximate surface area is 299 Å². The number of aliphatic hydroxyl groups excluding tert-OH is 2. The number of aromatic hydroxyl groups is 1. The van der Waals surface area contributed by atoms with E-state index in [2.05, 4.69) is 26.6 Å². The normalized spacial score (nSPS) is 20.9. The van der Waals surface area contributed by atoms with Crippen molar-refractivity contribution in [3.63, 3.8) is 0 Å². The third-order valence-electron chi connectivity index (χ3n) is 7.76. The molecule has 51 heavy (non-hydrogen) atoms. The lowest BCUT2D eigenvalue weighted by Gasteiger charge is -2.34. The van der Waals surface area contributed by atoms with Gasteiger partial charge < -0.3 is 62.6 Å². The van der Waals surface area contributed by atoms with Crippen LogP contribution < -0.4 is 37.1 Å². The molecule has 19 heteroatoms. The number of amides is 5. The molecule has 1 aromatic rings. The summed E-state index contributed by atoms with van der Waals surface area (Å²) in [6.45, 7) is 6.83. The van der Waals surface area contributed by atoms with Crippen molar-refractivity contribution in [2.24, 2.45) is 17.6 Å². The number of carbonyl (C=O) groups is 6. The van der Waals surface area contributed by atoms with E-state index in [1.807, 2.05) is 0 Å². The average Bonchev–Trinajstić information content (AvgIpc) is 3.05. The predicted octanol–water partition coefficient (Wildman–Crippen LogP) is -1.97. The van der Waals surface area contributed by atoms with Gasteiger partial charge in [-0.15, -0.1) is 0 Å². The molecule has 6 atom stereocenters. The highest BCUT2D eigenvalue weighted by Gasteiger charge is 2.40. The van der Waals surface area contributed by atoms with Gasteiger partial charge in [0.1, 0.15) is 47.5 Å². The number of fused-ring (bicyclic) bond motifs is 1. The summed E-state index contributed by atoms with van der Waals surface area (Å²) < 4.78 is 6.22. The number of hydrogen-bond donors (Lipinski definition) is 11. The Morgan fingerprint density at radius 1 is 1.06 bits per heavy atom. The number of aliphatic hydroxyl groups is 3. The quantitative estimate of drug-likeness (QED) is 0.0729. The monoisotopic (exact) mass is 742 g/mol. The molecule has 0 spiro atoms. The number of nitrogens with two attached hydrogens (primary N) is 1. The predicted molar refractivity (Wildman–Crippen MR) is 180 cm³/mol. The molecule has 0 saturated carbocycles. The van der Waals surface area contributed by atoms with E-state index in [-0.39, 0.29) is 55.2 Å². The summed E-state index contributed by atoms with van der Waals surface area (Å²) in [6.07, 6.45) is -5.54. The lowest BCUT2D eigenvalue weighted by Crippen LogP contribution is -2.63. The van der Waals surface area contributed by atoms with Crippen LogP contribution in [-0.4, -0.2) is 110 Å². The third kappa shape index (κ3) is 12.7. The zero-order valence-corrected chi connectivity index (χ0v) is 29.3. The largest absolute Gasteiger partial charge is 0.508 e. The number of carboxylic acids is 1. The van der Waals surface area contributed by atoms with E-state index < -0.39 is 89.8 Å². The summed E-state index contributed by atoms with van der Waals surface area (Å²) in [4.78, 5) is 78.5. The number of aliphatic carboxylic acids is 1. The van der Waals surface area contributed by atoms with Gasteiger partial charge in [0.05, 0.1) is 6.10 Å². The van der Waals surface area contributed by atoms with E-state index in [0.717, 1.165) is 0 Å². The Morgan fingerprint density at radius 3 is 2.27 bits per heavy atom. The van der Waals surface area contributed by atoms with Crippen molar-refractivity contribution in [3.8, 4) is 11.5 Å². The number of ether oxygens (including phenoxy) is 1. The number of carboxylic acid groups (broad SMARTS) is 1. The van der Waals surface area contributed by atoms with E-state index in [4.69, 9.17) is 22.1 Å². The molecule has 1 aliphatic rings. The van der Waals surface area contributed by atoms with Crippen molar-refractivity contribution < 1.29 is 59.0 Å². The fourth-order valence-corrected chi connectivity index (χ4v) is 5.30. The van der Waals surface area contributed by atoms with Gasteiger partial charge in [-0.1, -0.05) is 39.3 Å². The third-order valence-corrected chi connectivity index (χ3v) is 7.97. The number of hydrogen-bond acceptors (Lipinski definition) is 12. The molecule has 1 aromatic carbocycles. The molecule has 0 radical (unpaired) electrons. The summed E-state index contributed by atoms with van der Waals surface area (Å²) in [6, 6.07) is -2.58. The van der Waals surface area contributed by atoms with Crippen LogP contribution in [0.5, 0.6) is 11.5 Å².